The molecule has 0 aliphatic rings. The second kappa shape index (κ2) is 4.09. The minimum Gasteiger partial charge on any atom is -0.477 e. The zero-order valence-corrected chi connectivity index (χ0v) is 9.58. The lowest BCUT2D eigenvalue weighted by Crippen LogP contribution is -2.16. The standard InChI is InChI=1S/C13H8N2O4/c16-11-9(13(17)18)5-7-1-2-8(6-10(7)15-11)12-14-3-4-19-12/h1-6H,(H,15,16)(H,17,18). The van der Waals surface area contributed by atoms with Gasteiger partial charge >= 0.3 is 5.97 Å². The van der Waals surface area contributed by atoms with Crippen LogP contribution < -0.4 is 5.56 Å². The van der Waals surface area contributed by atoms with Gasteiger partial charge in [-0.05, 0) is 23.6 Å². The number of nitrogens with one attached hydrogen (secondary N) is 1. The number of carboxylic acids is 1. The number of fused-ring (bicyclic) bond motifs is 1. The van der Waals surface area contributed by atoms with E-state index >= 15 is 0 Å². The number of rotatable bonds is 2. The van der Waals surface area contributed by atoms with Gasteiger partial charge in [-0.2, -0.15) is 0 Å². The first-order valence-corrected chi connectivity index (χ1v) is 5.45. The van der Waals surface area contributed by atoms with Gasteiger partial charge in [0.2, 0.25) is 5.89 Å². The van der Waals surface area contributed by atoms with Crippen molar-refractivity contribution in [3.05, 3.63) is 52.6 Å². The molecule has 94 valence electrons. The molecule has 0 spiro atoms. The van der Waals surface area contributed by atoms with Gasteiger partial charge in [-0.1, -0.05) is 6.07 Å². The van der Waals surface area contributed by atoms with Crippen LogP contribution in [0.1, 0.15) is 10.4 Å². The Balaban J connectivity index is 2.23. The summed E-state index contributed by atoms with van der Waals surface area (Å²) in [5, 5.41) is 9.52. The van der Waals surface area contributed by atoms with Gasteiger partial charge in [0.05, 0.1) is 6.20 Å². The number of pyridine rings is 1. The molecule has 2 N–H and O–H groups in total. The molecule has 0 bridgehead atoms. The Bertz CT molecular complexity index is 818. The Morgan fingerprint density at radius 1 is 1.32 bits per heavy atom. The van der Waals surface area contributed by atoms with Crippen molar-refractivity contribution in [1.29, 1.82) is 0 Å². The molecule has 6 nitrogen and oxygen atoms in total. The van der Waals surface area contributed by atoms with E-state index in [1.54, 1.807) is 18.2 Å². The van der Waals surface area contributed by atoms with Crippen LogP contribution in [-0.2, 0) is 0 Å². The maximum atomic E-state index is 11.6. The lowest BCUT2D eigenvalue weighted by molar-refractivity contribution is 0.0695. The quantitative estimate of drug-likeness (QED) is 0.729. The van der Waals surface area contributed by atoms with Gasteiger partial charge in [-0.3, -0.25) is 4.79 Å². The fourth-order valence-corrected chi connectivity index (χ4v) is 1.86. The van der Waals surface area contributed by atoms with Crippen LogP contribution in [0, 0.1) is 0 Å². The van der Waals surface area contributed by atoms with Gasteiger partial charge in [0.15, 0.2) is 0 Å². The van der Waals surface area contributed by atoms with Crippen LogP contribution >= 0.6 is 0 Å². The number of oxazole rings is 1. The first-order valence-electron chi connectivity index (χ1n) is 5.45. The van der Waals surface area contributed by atoms with E-state index in [1.165, 1.54) is 18.5 Å². The van der Waals surface area contributed by atoms with Crippen LogP contribution in [-0.4, -0.2) is 21.0 Å². The Hall–Kier alpha value is -2.89. The summed E-state index contributed by atoms with van der Waals surface area (Å²) >= 11 is 0. The number of H-pyrrole nitrogens is 1. The molecule has 0 unspecified atom stereocenters. The maximum Gasteiger partial charge on any atom is 0.341 e. The number of benzene rings is 1. The van der Waals surface area contributed by atoms with Crippen molar-refractivity contribution in [2.45, 2.75) is 0 Å². The van der Waals surface area contributed by atoms with Crippen molar-refractivity contribution in [1.82, 2.24) is 9.97 Å². The topological polar surface area (TPSA) is 96.2 Å². The monoisotopic (exact) mass is 256 g/mol. The number of hydrogen-bond acceptors (Lipinski definition) is 4. The number of aromatic amines is 1. The molecule has 1 aromatic carbocycles. The minimum atomic E-state index is -1.25. The number of carbonyl (C=O) groups is 1. The Morgan fingerprint density at radius 2 is 2.16 bits per heavy atom. The summed E-state index contributed by atoms with van der Waals surface area (Å²) in [5.74, 6) is -0.815. The highest BCUT2D eigenvalue weighted by molar-refractivity contribution is 5.93. The third kappa shape index (κ3) is 1.89. The normalized spacial score (nSPS) is 10.7. The van der Waals surface area contributed by atoms with Gasteiger partial charge in [0.25, 0.3) is 5.56 Å². The molecule has 3 aromatic rings. The van der Waals surface area contributed by atoms with E-state index < -0.39 is 11.5 Å². The smallest absolute Gasteiger partial charge is 0.341 e. The van der Waals surface area contributed by atoms with Crippen molar-refractivity contribution in [3.8, 4) is 11.5 Å². The van der Waals surface area contributed by atoms with E-state index in [9.17, 15) is 9.59 Å². The first-order chi connectivity index (χ1) is 9.15. The molecule has 0 radical (unpaired) electrons. The second-order valence-corrected chi connectivity index (χ2v) is 3.96. The average molecular weight is 256 g/mol. The highest BCUT2D eigenvalue weighted by Gasteiger charge is 2.11. The fourth-order valence-electron chi connectivity index (χ4n) is 1.86. The molecule has 6 heteroatoms. The van der Waals surface area contributed by atoms with Gasteiger partial charge in [-0.15, -0.1) is 0 Å². The Labute approximate surface area is 106 Å². The molecule has 0 aliphatic heterocycles. The van der Waals surface area contributed by atoms with Crippen molar-refractivity contribution in [3.63, 3.8) is 0 Å². The summed E-state index contributed by atoms with van der Waals surface area (Å²) in [7, 11) is 0. The highest BCUT2D eigenvalue weighted by atomic mass is 16.4. The van der Waals surface area contributed by atoms with Crippen LogP contribution in [0.4, 0.5) is 0 Å². The van der Waals surface area contributed by atoms with Crippen molar-refractivity contribution in [2.24, 2.45) is 0 Å². The second-order valence-electron chi connectivity index (χ2n) is 3.96. The molecule has 0 fully saturated rings. The molecular weight excluding hydrogens is 248 g/mol. The Kier molecular flexibility index (Phi) is 2.42. The van der Waals surface area contributed by atoms with E-state index in [-0.39, 0.29) is 5.56 Å². The Morgan fingerprint density at radius 3 is 2.84 bits per heavy atom. The number of aromatic nitrogens is 2. The predicted octanol–water partition coefficient (Wildman–Crippen LogP) is 1.88. The van der Waals surface area contributed by atoms with E-state index in [0.717, 1.165) is 0 Å². The molecule has 2 heterocycles. The summed E-state index contributed by atoms with van der Waals surface area (Å²) in [6, 6.07) is 6.49. The molecular formula is C13H8N2O4. The van der Waals surface area contributed by atoms with Crippen LogP contribution in [0.5, 0.6) is 0 Å². The lowest BCUT2D eigenvalue weighted by Gasteiger charge is -2.02. The zero-order chi connectivity index (χ0) is 13.4. The summed E-state index contributed by atoms with van der Waals surface area (Å²) < 4.78 is 5.16. The third-order valence-corrected chi connectivity index (χ3v) is 2.76. The highest BCUT2D eigenvalue weighted by Crippen LogP contribution is 2.21. The fraction of sp³-hybridized carbons (Fsp3) is 0. The molecule has 0 saturated carbocycles. The summed E-state index contributed by atoms with van der Waals surface area (Å²) in [4.78, 5) is 29.0. The number of aromatic carboxylic acids is 1. The van der Waals surface area contributed by atoms with Crippen LogP contribution in [0.15, 0.2) is 45.9 Å². The van der Waals surface area contributed by atoms with Crippen LogP contribution in [0.2, 0.25) is 0 Å². The predicted molar refractivity (Wildman–Crippen MR) is 67.0 cm³/mol. The van der Waals surface area contributed by atoms with Crippen molar-refractivity contribution in [2.75, 3.05) is 0 Å². The minimum absolute atomic E-state index is 0.281. The molecule has 0 saturated heterocycles. The number of carboxylic acid groups (broad SMARTS) is 1. The lowest BCUT2D eigenvalue weighted by atomic mass is 10.1. The van der Waals surface area contributed by atoms with Gasteiger partial charge in [0.1, 0.15) is 11.8 Å². The molecule has 0 amide bonds. The molecule has 3 rings (SSSR count). The molecule has 19 heavy (non-hydrogen) atoms. The summed E-state index contributed by atoms with van der Waals surface area (Å²) in [6.07, 6.45) is 2.98. The van der Waals surface area contributed by atoms with E-state index in [0.29, 0.717) is 22.4 Å². The van der Waals surface area contributed by atoms with Gasteiger partial charge in [0, 0.05) is 11.1 Å². The SMILES string of the molecule is O=C(O)c1cc2ccc(-c3ncco3)cc2[nH]c1=O. The third-order valence-electron chi connectivity index (χ3n) is 2.76. The molecule has 0 aliphatic carbocycles. The van der Waals surface area contributed by atoms with Crippen molar-refractivity contribution >= 4 is 16.9 Å². The summed E-state index contributed by atoms with van der Waals surface area (Å²) in [5.41, 5.74) is 0.322. The van der Waals surface area contributed by atoms with Crippen LogP contribution in [0.25, 0.3) is 22.4 Å². The molecule has 0 atom stereocenters. The van der Waals surface area contributed by atoms with E-state index in [4.69, 9.17) is 9.52 Å². The van der Waals surface area contributed by atoms with Gasteiger partial charge in [-0.25, -0.2) is 9.78 Å². The van der Waals surface area contributed by atoms with Crippen LogP contribution in [0.3, 0.4) is 0 Å². The average Bonchev–Trinajstić information content (AvgIpc) is 2.90. The van der Waals surface area contributed by atoms with E-state index in [1.807, 2.05) is 0 Å². The summed E-state index contributed by atoms with van der Waals surface area (Å²) in [6.45, 7) is 0. The van der Waals surface area contributed by atoms with Crippen molar-refractivity contribution < 1.29 is 14.3 Å². The first kappa shape index (κ1) is 11.2. The zero-order valence-electron chi connectivity index (χ0n) is 9.58. The number of hydrogen-bond donors (Lipinski definition) is 2. The molecule has 2 aromatic heterocycles. The van der Waals surface area contributed by atoms with E-state index in [2.05, 4.69) is 9.97 Å². The largest absolute Gasteiger partial charge is 0.477 e. The van der Waals surface area contributed by atoms with Gasteiger partial charge < -0.3 is 14.5 Å². The number of nitrogens with zero attached hydrogens (tertiary/aromatic N) is 1. The maximum absolute atomic E-state index is 11.6.